The molecule has 0 fully saturated rings. The number of esters is 1. The number of carbonyl (C=O) groups excluding carboxylic acids is 1. The number of carbonyl (C=O) groups is 1. The fourth-order valence-corrected chi connectivity index (χ4v) is 1.83. The molecule has 1 aromatic heterocycles. The van der Waals surface area contributed by atoms with Crippen molar-refractivity contribution in [3.63, 3.8) is 0 Å². The second-order valence-electron chi connectivity index (χ2n) is 4.48. The third-order valence-corrected chi connectivity index (χ3v) is 2.95. The van der Waals surface area contributed by atoms with Gasteiger partial charge in [-0.3, -0.25) is 4.98 Å². The highest BCUT2D eigenvalue weighted by Gasteiger charge is 2.12. The Morgan fingerprint density at radius 1 is 1.24 bits per heavy atom. The lowest BCUT2D eigenvalue weighted by molar-refractivity contribution is 0.0593. The Morgan fingerprint density at radius 3 is 2.81 bits per heavy atom. The third-order valence-electron chi connectivity index (χ3n) is 2.95. The smallest absolute Gasteiger partial charge is 0.358 e. The van der Waals surface area contributed by atoms with Gasteiger partial charge < -0.3 is 9.47 Å². The van der Waals surface area contributed by atoms with E-state index < -0.39 is 5.97 Å². The van der Waals surface area contributed by atoms with Gasteiger partial charge in [0.2, 0.25) is 0 Å². The fourth-order valence-electron chi connectivity index (χ4n) is 1.83. The summed E-state index contributed by atoms with van der Waals surface area (Å²) in [6.45, 7) is 2.76. The highest BCUT2D eigenvalue weighted by atomic mass is 16.5. The Bertz CT molecular complexity index is 614. The number of rotatable bonds is 6. The summed E-state index contributed by atoms with van der Waals surface area (Å²) in [4.78, 5) is 19.9. The van der Waals surface area contributed by atoms with E-state index in [1.807, 2.05) is 24.3 Å². The maximum Gasteiger partial charge on any atom is 0.358 e. The lowest BCUT2D eigenvalue weighted by atomic mass is 10.1. The van der Waals surface area contributed by atoms with Crippen molar-refractivity contribution in [1.29, 1.82) is 0 Å². The van der Waals surface area contributed by atoms with Crippen molar-refractivity contribution in [2.24, 2.45) is 0 Å². The molecule has 0 unspecified atom stereocenters. The largest absolute Gasteiger partial charge is 0.493 e. The second-order valence-corrected chi connectivity index (χ2v) is 4.48. The van der Waals surface area contributed by atoms with Crippen molar-refractivity contribution >= 4 is 5.97 Å². The van der Waals surface area contributed by atoms with E-state index in [2.05, 4.69) is 21.6 Å². The van der Waals surface area contributed by atoms with E-state index in [9.17, 15) is 4.79 Å². The molecule has 0 aliphatic rings. The molecule has 5 nitrogen and oxygen atoms in total. The summed E-state index contributed by atoms with van der Waals surface area (Å²) in [5, 5.41) is 0. The van der Waals surface area contributed by atoms with Crippen molar-refractivity contribution < 1.29 is 14.3 Å². The predicted molar refractivity (Wildman–Crippen MR) is 79.2 cm³/mol. The van der Waals surface area contributed by atoms with Crippen LogP contribution in [0.25, 0.3) is 11.3 Å². The zero-order chi connectivity index (χ0) is 15.1. The summed E-state index contributed by atoms with van der Waals surface area (Å²) >= 11 is 0. The number of nitrogens with zero attached hydrogens (tertiary/aromatic N) is 2. The SMILES string of the molecule is CCCCOc1ccccc1-c1cncc(C(=O)OC)n1. The Balaban J connectivity index is 2.31. The number of methoxy groups -OCH3 is 1. The summed E-state index contributed by atoms with van der Waals surface area (Å²) in [5.74, 6) is 0.232. The lowest BCUT2D eigenvalue weighted by Gasteiger charge is -2.11. The van der Waals surface area contributed by atoms with Crippen molar-refractivity contribution in [3.05, 3.63) is 42.4 Å². The molecule has 21 heavy (non-hydrogen) atoms. The van der Waals surface area contributed by atoms with Crippen LogP contribution in [-0.4, -0.2) is 29.7 Å². The van der Waals surface area contributed by atoms with E-state index in [0.29, 0.717) is 12.3 Å². The van der Waals surface area contributed by atoms with Gasteiger partial charge in [-0.05, 0) is 18.6 Å². The van der Waals surface area contributed by atoms with E-state index in [1.165, 1.54) is 13.3 Å². The van der Waals surface area contributed by atoms with Crippen molar-refractivity contribution in [3.8, 4) is 17.0 Å². The first kappa shape index (κ1) is 15.0. The molecule has 110 valence electrons. The van der Waals surface area contributed by atoms with Gasteiger partial charge in [0.1, 0.15) is 5.75 Å². The predicted octanol–water partition coefficient (Wildman–Crippen LogP) is 3.11. The molecule has 0 atom stereocenters. The Hall–Kier alpha value is -2.43. The minimum absolute atomic E-state index is 0.179. The average molecular weight is 286 g/mol. The second kappa shape index (κ2) is 7.38. The van der Waals surface area contributed by atoms with E-state index in [1.54, 1.807) is 6.20 Å². The summed E-state index contributed by atoms with van der Waals surface area (Å²) in [5.41, 5.74) is 1.58. The molecule has 1 aromatic carbocycles. The van der Waals surface area contributed by atoms with Gasteiger partial charge in [0.05, 0.1) is 31.8 Å². The van der Waals surface area contributed by atoms with Crippen molar-refractivity contribution in [2.75, 3.05) is 13.7 Å². The van der Waals surface area contributed by atoms with Gasteiger partial charge >= 0.3 is 5.97 Å². The van der Waals surface area contributed by atoms with Gasteiger partial charge in [0, 0.05) is 5.56 Å². The molecule has 1 heterocycles. The van der Waals surface area contributed by atoms with Crippen LogP contribution in [0.4, 0.5) is 0 Å². The average Bonchev–Trinajstić information content (AvgIpc) is 2.55. The van der Waals surface area contributed by atoms with E-state index in [4.69, 9.17) is 4.74 Å². The number of benzene rings is 1. The van der Waals surface area contributed by atoms with E-state index in [-0.39, 0.29) is 5.69 Å². The standard InChI is InChI=1S/C16H18N2O3/c1-3-4-9-21-15-8-6-5-7-12(15)13-10-17-11-14(18-13)16(19)20-2/h5-8,10-11H,3-4,9H2,1-2H3. The molecular formula is C16H18N2O3. The number of hydrogen-bond donors (Lipinski definition) is 0. The number of hydrogen-bond acceptors (Lipinski definition) is 5. The first-order valence-corrected chi connectivity index (χ1v) is 6.88. The Kier molecular flexibility index (Phi) is 5.26. The zero-order valence-corrected chi connectivity index (χ0v) is 12.2. The van der Waals surface area contributed by atoms with Crippen molar-refractivity contribution in [2.45, 2.75) is 19.8 Å². The zero-order valence-electron chi connectivity index (χ0n) is 12.2. The maximum atomic E-state index is 11.5. The van der Waals surface area contributed by atoms with Gasteiger partial charge in [0.15, 0.2) is 5.69 Å². The highest BCUT2D eigenvalue weighted by molar-refractivity contribution is 5.87. The Morgan fingerprint density at radius 2 is 2.05 bits per heavy atom. The molecule has 2 aromatic rings. The van der Waals surface area contributed by atoms with Crippen molar-refractivity contribution in [1.82, 2.24) is 9.97 Å². The summed E-state index contributed by atoms with van der Waals surface area (Å²) in [6.07, 6.45) is 5.05. The van der Waals surface area contributed by atoms with Gasteiger partial charge in [-0.2, -0.15) is 0 Å². The summed E-state index contributed by atoms with van der Waals surface area (Å²) < 4.78 is 10.4. The highest BCUT2D eigenvalue weighted by Crippen LogP contribution is 2.28. The monoisotopic (exact) mass is 286 g/mol. The quantitative estimate of drug-likeness (QED) is 0.603. The van der Waals surface area contributed by atoms with Crippen LogP contribution in [0.15, 0.2) is 36.7 Å². The molecule has 0 N–H and O–H groups in total. The molecular weight excluding hydrogens is 268 g/mol. The number of para-hydroxylation sites is 1. The first-order valence-electron chi connectivity index (χ1n) is 6.88. The molecule has 0 saturated heterocycles. The minimum atomic E-state index is -0.506. The summed E-state index contributed by atoms with van der Waals surface area (Å²) in [6, 6.07) is 7.58. The van der Waals surface area contributed by atoms with Crippen LogP contribution in [0.3, 0.4) is 0 Å². The van der Waals surface area contributed by atoms with Crippen LogP contribution >= 0.6 is 0 Å². The third kappa shape index (κ3) is 3.78. The summed E-state index contributed by atoms with van der Waals surface area (Å²) in [7, 11) is 1.32. The molecule has 0 aliphatic carbocycles. The van der Waals surface area contributed by atoms with Gasteiger partial charge in [-0.25, -0.2) is 9.78 Å². The minimum Gasteiger partial charge on any atom is -0.493 e. The fraction of sp³-hybridized carbons (Fsp3) is 0.312. The first-order chi connectivity index (χ1) is 10.3. The van der Waals surface area contributed by atoms with Gasteiger partial charge in [-0.15, -0.1) is 0 Å². The lowest BCUT2D eigenvalue weighted by Crippen LogP contribution is -2.06. The van der Waals surface area contributed by atoms with Gasteiger partial charge in [-0.1, -0.05) is 25.5 Å². The molecule has 2 rings (SSSR count). The van der Waals surface area contributed by atoms with Crippen LogP contribution in [0.5, 0.6) is 5.75 Å². The van der Waals surface area contributed by atoms with Crippen LogP contribution in [0.1, 0.15) is 30.3 Å². The van der Waals surface area contributed by atoms with Gasteiger partial charge in [0.25, 0.3) is 0 Å². The molecule has 0 spiro atoms. The molecule has 0 aliphatic heterocycles. The van der Waals surface area contributed by atoms with Crippen LogP contribution in [-0.2, 0) is 4.74 Å². The van der Waals surface area contributed by atoms with Crippen LogP contribution in [0.2, 0.25) is 0 Å². The maximum absolute atomic E-state index is 11.5. The molecule has 0 radical (unpaired) electrons. The molecule has 0 bridgehead atoms. The normalized spacial score (nSPS) is 10.2. The molecule has 0 amide bonds. The number of unbranched alkanes of at least 4 members (excludes halogenated alkanes) is 1. The number of ether oxygens (including phenoxy) is 2. The Labute approximate surface area is 124 Å². The molecule has 0 saturated carbocycles. The topological polar surface area (TPSA) is 61.3 Å². The van der Waals surface area contributed by atoms with Crippen LogP contribution in [0, 0.1) is 0 Å². The number of aromatic nitrogens is 2. The van der Waals surface area contributed by atoms with Crippen LogP contribution < -0.4 is 4.74 Å². The van der Waals surface area contributed by atoms with E-state index in [0.717, 1.165) is 24.2 Å². The van der Waals surface area contributed by atoms with E-state index >= 15 is 0 Å². The molecule has 5 heteroatoms.